The number of benzene rings is 2. The fourth-order valence-electron chi connectivity index (χ4n) is 5.78. The first-order valence-electron chi connectivity index (χ1n) is 13.0. The van der Waals surface area contributed by atoms with Gasteiger partial charge in [0.2, 0.25) is 12.5 Å². The lowest BCUT2D eigenvalue weighted by Crippen LogP contribution is -2.35. The third-order valence-corrected chi connectivity index (χ3v) is 7.68. The molecule has 2 aromatic carbocycles. The number of hydrogen-bond acceptors (Lipinski definition) is 8. The number of likely N-dealkylation sites (N-methyl/N-ethyl adjacent to an activating group) is 1. The summed E-state index contributed by atoms with van der Waals surface area (Å²) in [7, 11) is 3.69. The van der Waals surface area contributed by atoms with Crippen LogP contribution in [0, 0.1) is 0 Å². The number of carbonyl (C=O) groups excluding carboxylic acids is 1. The Bertz CT molecular complexity index is 1300. The molecule has 1 N–H and O–H groups in total. The number of ether oxygens (including phenoxy) is 3. The van der Waals surface area contributed by atoms with Crippen molar-refractivity contribution in [2.45, 2.75) is 57.0 Å². The Morgan fingerprint density at radius 1 is 1.14 bits per heavy atom. The molecule has 1 saturated carbocycles. The number of amides is 1. The fraction of sp³-hybridized carbons (Fsp3) is 0.481. The number of aromatic nitrogens is 4. The number of methoxy groups -OCH3 is 1. The van der Waals surface area contributed by atoms with Gasteiger partial charge in [0, 0.05) is 23.7 Å². The van der Waals surface area contributed by atoms with Crippen LogP contribution in [0.1, 0.15) is 71.9 Å². The van der Waals surface area contributed by atoms with Crippen LogP contribution in [0.25, 0.3) is 5.69 Å². The molecule has 3 aliphatic rings. The van der Waals surface area contributed by atoms with E-state index in [2.05, 4.69) is 25.7 Å². The molecule has 1 atom stereocenters. The number of tetrazole rings is 1. The van der Waals surface area contributed by atoms with Crippen molar-refractivity contribution in [3.05, 3.63) is 52.8 Å². The molecular weight excluding hydrogens is 472 g/mol. The number of carbonyl (C=O) groups is 1. The fourth-order valence-corrected chi connectivity index (χ4v) is 5.78. The van der Waals surface area contributed by atoms with E-state index >= 15 is 0 Å². The third kappa shape index (κ3) is 4.39. The highest BCUT2D eigenvalue weighted by Crippen LogP contribution is 2.50. The quantitative estimate of drug-likeness (QED) is 0.527. The van der Waals surface area contributed by atoms with Crippen molar-refractivity contribution in [3.8, 4) is 22.9 Å². The Balaban J connectivity index is 1.35. The van der Waals surface area contributed by atoms with E-state index in [9.17, 15) is 4.79 Å². The van der Waals surface area contributed by atoms with Crippen LogP contribution in [0.3, 0.4) is 0 Å². The van der Waals surface area contributed by atoms with E-state index in [0.29, 0.717) is 28.6 Å². The Kier molecular flexibility index (Phi) is 6.42. The van der Waals surface area contributed by atoms with Crippen LogP contribution in [-0.2, 0) is 6.42 Å². The molecule has 10 nitrogen and oxygen atoms in total. The molecule has 0 spiro atoms. The van der Waals surface area contributed by atoms with E-state index in [1.54, 1.807) is 11.8 Å². The molecule has 1 amide bonds. The first-order valence-corrected chi connectivity index (χ1v) is 13.0. The highest BCUT2D eigenvalue weighted by molar-refractivity contribution is 5.94. The van der Waals surface area contributed by atoms with Gasteiger partial charge in [0.25, 0.3) is 5.91 Å². The summed E-state index contributed by atoms with van der Waals surface area (Å²) < 4.78 is 19.0. The highest BCUT2D eigenvalue weighted by atomic mass is 16.7. The van der Waals surface area contributed by atoms with E-state index in [-0.39, 0.29) is 24.8 Å². The first-order chi connectivity index (χ1) is 18.1. The van der Waals surface area contributed by atoms with Crippen LogP contribution >= 0.6 is 0 Å². The molecule has 3 heterocycles. The minimum absolute atomic E-state index is 0.0575. The van der Waals surface area contributed by atoms with Gasteiger partial charge < -0.3 is 19.5 Å². The number of nitrogens with one attached hydrogen (secondary N) is 1. The zero-order valence-corrected chi connectivity index (χ0v) is 21.3. The first kappa shape index (κ1) is 23.7. The molecule has 37 heavy (non-hydrogen) atoms. The summed E-state index contributed by atoms with van der Waals surface area (Å²) in [5.41, 5.74) is 3.42. The molecule has 1 aliphatic carbocycles. The zero-order chi connectivity index (χ0) is 25.4. The van der Waals surface area contributed by atoms with E-state index in [4.69, 9.17) is 14.2 Å². The van der Waals surface area contributed by atoms with Crippen LogP contribution in [-0.4, -0.2) is 64.6 Å². The van der Waals surface area contributed by atoms with Crippen molar-refractivity contribution in [2.24, 2.45) is 0 Å². The van der Waals surface area contributed by atoms with Gasteiger partial charge in [-0.25, -0.2) is 0 Å². The number of hydrogen-bond donors (Lipinski definition) is 1. The summed E-state index contributed by atoms with van der Waals surface area (Å²) in [4.78, 5) is 15.3. The largest absolute Gasteiger partial charge is 0.492 e. The van der Waals surface area contributed by atoms with Crippen LogP contribution < -0.4 is 19.5 Å². The topological polar surface area (TPSA) is 104 Å². The van der Waals surface area contributed by atoms with Gasteiger partial charge >= 0.3 is 0 Å². The average Bonchev–Trinajstić information content (AvgIpc) is 3.52. The molecule has 0 radical (unpaired) electrons. The van der Waals surface area contributed by atoms with Gasteiger partial charge in [0.1, 0.15) is 6.04 Å². The van der Waals surface area contributed by atoms with Crippen molar-refractivity contribution >= 4 is 5.91 Å². The summed E-state index contributed by atoms with van der Waals surface area (Å²) in [6.45, 7) is 0.986. The second-order valence-corrected chi connectivity index (χ2v) is 10.0. The predicted molar refractivity (Wildman–Crippen MR) is 135 cm³/mol. The lowest BCUT2D eigenvalue weighted by Gasteiger charge is -2.34. The lowest BCUT2D eigenvalue weighted by atomic mass is 9.90. The minimum Gasteiger partial charge on any atom is -0.492 e. The van der Waals surface area contributed by atoms with Gasteiger partial charge in [-0.1, -0.05) is 31.7 Å². The molecular formula is C27H32N6O4. The van der Waals surface area contributed by atoms with Crippen LogP contribution in [0.5, 0.6) is 17.2 Å². The second kappa shape index (κ2) is 10.0. The van der Waals surface area contributed by atoms with E-state index < -0.39 is 0 Å². The molecule has 3 aromatic rings. The zero-order valence-electron chi connectivity index (χ0n) is 21.3. The number of rotatable bonds is 5. The summed E-state index contributed by atoms with van der Waals surface area (Å²) in [6.07, 6.45) is 7.74. The maximum Gasteiger partial charge on any atom is 0.251 e. The van der Waals surface area contributed by atoms with E-state index in [1.165, 1.54) is 25.7 Å². The molecule has 10 heteroatoms. The molecule has 0 bridgehead atoms. The van der Waals surface area contributed by atoms with Crippen LogP contribution in [0.15, 0.2) is 30.3 Å². The van der Waals surface area contributed by atoms with Gasteiger partial charge in [-0.2, -0.15) is 4.68 Å². The highest BCUT2D eigenvalue weighted by Gasteiger charge is 2.37. The third-order valence-electron chi connectivity index (χ3n) is 7.68. The van der Waals surface area contributed by atoms with Gasteiger partial charge in [-0.3, -0.25) is 9.69 Å². The standard InChI is InChI=1S/C27H32N6O4/c1-32-13-12-17-15-21-24(37-16-36-21)25(35-2)22(17)23(32)26-29-30-31-33(26)20-11-7-8-18(14-20)27(34)28-19-9-5-3-4-6-10-19/h7-8,11,14-15,19,23H,3-6,9-10,12-13,16H2,1-2H3,(H,28,34)/t23-/m0/s1. The summed E-state index contributed by atoms with van der Waals surface area (Å²) in [5.74, 6) is 2.54. The Morgan fingerprint density at radius 2 is 1.97 bits per heavy atom. The molecule has 2 aliphatic heterocycles. The lowest BCUT2D eigenvalue weighted by molar-refractivity contribution is 0.0933. The smallest absolute Gasteiger partial charge is 0.251 e. The van der Waals surface area contributed by atoms with Crippen molar-refractivity contribution in [3.63, 3.8) is 0 Å². The minimum atomic E-state index is -0.272. The van der Waals surface area contributed by atoms with Crippen LogP contribution in [0.2, 0.25) is 0 Å². The molecule has 194 valence electrons. The van der Waals surface area contributed by atoms with Crippen molar-refractivity contribution in [1.29, 1.82) is 0 Å². The van der Waals surface area contributed by atoms with Gasteiger partial charge in [0.05, 0.1) is 12.8 Å². The molecule has 0 unspecified atom stereocenters. The SMILES string of the molecule is COc1c2c(cc3c1[C@@H](c1nnnn1-c1cccc(C(=O)NC4CCCCCC4)c1)N(C)CC3)OCO2. The summed E-state index contributed by atoms with van der Waals surface area (Å²) in [5, 5.41) is 16.0. The second-order valence-electron chi connectivity index (χ2n) is 10.0. The Morgan fingerprint density at radius 3 is 2.78 bits per heavy atom. The van der Waals surface area contributed by atoms with Gasteiger partial charge in [-0.05, 0) is 66.6 Å². The number of fused-ring (bicyclic) bond motifs is 2. The summed E-state index contributed by atoms with van der Waals surface area (Å²) in [6, 6.07) is 9.48. The Labute approximate surface area is 215 Å². The maximum atomic E-state index is 13.1. The normalized spacial score (nSPS) is 19.8. The maximum absolute atomic E-state index is 13.1. The predicted octanol–water partition coefficient (Wildman–Crippen LogP) is 3.43. The summed E-state index contributed by atoms with van der Waals surface area (Å²) >= 11 is 0. The average molecular weight is 505 g/mol. The number of nitrogens with zero attached hydrogens (tertiary/aromatic N) is 5. The van der Waals surface area contributed by atoms with Crippen molar-refractivity contribution in [1.82, 2.24) is 30.4 Å². The molecule has 6 rings (SSSR count). The van der Waals surface area contributed by atoms with Crippen molar-refractivity contribution < 1.29 is 19.0 Å². The van der Waals surface area contributed by atoms with Gasteiger partial charge in [0.15, 0.2) is 17.3 Å². The monoisotopic (exact) mass is 504 g/mol. The van der Waals surface area contributed by atoms with Crippen LogP contribution in [0.4, 0.5) is 0 Å². The van der Waals surface area contributed by atoms with Crippen molar-refractivity contribution in [2.75, 3.05) is 27.5 Å². The van der Waals surface area contributed by atoms with E-state index in [1.807, 2.05) is 37.4 Å². The molecule has 0 saturated heterocycles. The van der Waals surface area contributed by atoms with Gasteiger partial charge in [-0.15, -0.1) is 5.10 Å². The molecule has 1 fully saturated rings. The Hall–Kier alpha value is -3.66. The van der Waals surface area contributed by atoms with E-state index in [0.717, 1.165) is 42.6 Å². The molecule has 1 aromatic heterocycles.